The molecule has 0 aliphatic rings. The van der Waals surface area contributed by atoms with Crippen molar-refractivity contribution in [3.63, 3.8) is 0 Å². The van der Waals surface area contributed by atoms with Gasteiger partial charge in [-0.3, -0.25) is 25.0 Å². The predicted octanol–water partition coefficient (Wildman–Crippen LogP) is 8.67. The predicted molar refractivity (Wildman–Crippen MR) is 219 cm³/mol. The zero-order valence-corrected chi connectivity index (χ0v) is 30.0. The SMILES string of the molecule is C.CC(C)C(=O)Nc1cncc(-c2cnc3n[nH]c(-c4nc5ccccc5[nH]4)c3c2)c1.Cc1ccncc1-c1cnc2n[nH]c(-c3nc4ccccc4[nH]3)c2c1. The number of anilines is 1. The molecule has 5 N–H and O–H groups in total. The van der Waals surface area contributed by atoms with Crippen LogP contribution in [0.1, 0.15) is 26.8 Å². The fourth-order valence-electron chi connectivity index (χ4n) is 6.33. The molecule has 0 radical (unpaired) electrons. The lowest BCUT2D eigenvalue weighted by molar-refractivity contribution is -0.118. The number of H-pyrrole nitrogens is 4. The molecule has 0 saturated carbocycles. The summed E-state index contributed by atoms with van der Waals surface area (Å²) in [6, 6.07) is 23.8. The molecule has 56 heavy (non-hydrogen) atoms. The summed E-state index contributed by atoms with van der Waals surface area (Å²) >= 11 is 0. The third kappa shape index (κ3) is 6.71. The first-order valence-corrected chi connectivity index (χ1v) is 17.6. The lowest BCUT2D eigenvalue weighted by atomic mass is 10.0. The van der Waals surface area contributed by atoms with Gasteiger partial charge >= 0.3 is 0 Å². The minimum absolute atomic E-state index is 0. The molecule has 2 aromatic carbocycles. The summed E-state index contributed by atoms with van der Waals surface area (Å²) in [6.07, 6.45) is 10.6. The number of hydrogen-bond donors (Lipinski definition) is 5. The molecule has 14 nitrogen and oxygen atoms in total. The fourth-order valence-corrected chi connectivity index (χ4v) is 6.33. The van der Waals surface area contributed by atoms with Crippen LogP contribution in [0.4, 0.5) is 5.69 Å². The van der Waals surface area contributed by atoms with E-state index in [1.165, 1.54) is 0 Å². The molecule has 276 valence electrons. The van der Waals surface area contributed by atoms with E-state index in [1.54, 1.807) is 24.8 Å². The van der Waals surface area contributed by atoms with E-state index >= 15 is 0 Å². The fraction of sp³-hybridized carbons (Fsp3) is 0.119. The lowest BCUT2D eigenvalue weighted by Gasteiger charge is -2.09. The second-order valence-corrected chi connectivity index (χ2v) is 13.4. The van der Waals surface area contributed by atoms with Crippen molar-refractivity contribution in [1.29, 1.82) is 0 Å². The number of pyridine rings is 4. The van der Waals surface area contributed by atoms with Gasteiger partial charge in [-0.25, -0.2) is 19.9 Å². The van der Waals surface area contributed by atoms with Gasteiger partial charge in [-0.2, -0.15) is 10.2 Å². The third-order valence-electron chi connectivity index (χ3n) is 9.29. The van der Waals surface area contributed by atoms with Crippen molar-refractivity contribution < 1.29 is 4.79 Å². The Bertz CT molecular complexity index is 2940. The Morgan fingerprint density at radius 2 is 1.23 bits per heavy atom. The number of aromatic nitrogens is 12. The van der Waals surface area contributed by atoms with E-state index in [9.17, 15) is 4.79 Å². The van der Waals surface area contributed by atoms with Crippen LogP contribution in [0.2, 0.25) is 0 Å². The summed E-state index contributed by atoms with van der Waals surface area (Å²) in [6.45, 7) is 5.77. The van der Waals surface area contributed by atoms with Crippen LogP contribution in [0.15, 0.2) is 110 Å². The molecule has 14 heteroatoms. The van der Waals surface area contributed by atoms with Gasteiger partial charge in [-0.1, -0.05) is 45.5 Å². The van der Waals surface area contributed by atoms with Crippen LogP contribution in [0, 0.1) is 12.8 Å². The molecule has 0 saturated heterocycles. The minimum atomic E-state index is -0.107. The number of amides is 1. The number of benzene rings is 2. The lowest BCUT2D eigenvalue weighted by Crippen LogP contribution is -2.17. The van der Waals surface area contributed by atoms with Gasteiger partial charge in [-0.05, 0) is 61.0 Å². The zero-order valence-electron chi connectivity index (χ0n) is 30.0. The summed E-state index contributed by atoms with van der Waals surface area (Å²) in [5.41, 5.74) is 12.2. The normalized spacial score (nSPS) is 11.2. The highest BCUT2D eigenvalue weighted by Crippen LogP contribution is 2.31. The molecule has 0 aliphatic carbocycles. The Kier molecular flexibility index (Phi) is 9.28. The summed E-state index contributed by atoms with van der Waals surface area (Å²) < 4.78 is 0. The second kappa shape index (κ2) is 14.7. The molecular weight excluding hydrogens is 703 g/mol. The Morgan fingerprint density at radius 1 is 0.661 bits per heavy atom. The maximum absolute atomic E-state index is 12.0. The number of aryl methyl sites for hydroxylation is 1. The van der Waals surface area contributed by atoms with Gasteiger partial charge in [-0.15, -0.1) is 0 Å². The summed E-state index contributed by atoms with van der Waals surface area (Å²) in [4.78, 5) is 45.4. The molecule has 0 fully saturated rings. The van der Waals surface area contributed by atoms with E-state index in [2.05, 4.69) is 78.6 Å². The first-order valence-electron chi connectivity index (χ1n) is 17.6. The third-order valence-corrected chi connectivity index (χ3v) is 9.29. The number of para-hydroxylation sites is 4. The standard InChI is InChI=1S/C22H19N7O.C19H14N6.CH4/c1-12(2)22(30)25-15-7-13(9-23-11-15)14-8-16-19(28-29-20(16)24-10-14)21-26-17-5-3-4-6-18(17)27-21;1-11-6-7-20-10-14(11)12-8-13-17(24-25-18(13)21-9-12)19-22-15-4-2-3-5-16(15)23-19;/h3-12H,1-2H3,(H,25,30)(H,26,27)(H,24,28,29);2-10H,1H3,(H,22,23)(H,21,24,25);1H4. The van der Waals surface area contributed by atoms with Crippen molar-refractivity contribution in [3.8, 4) is 45.3 Å². The van der Waals surface area contributed by atoms with Crippen molar-refractivity contribution in [2.75, 3.05) is 5.32 Å². The Morgan fingerprint density at radius 3 is 1.82 bits per heavy atom. The van der Waals surface area contributed by atoms with Gasteiger partial charge in [0.05, 0.1) is 44.7 Å². The number of aromatic amines is 4. The number of hydrogen-bond acceptors (Lipinski definition) is 9. The van der Waals surface area contributed by atoms with E-state index in [4.69, 9.17) is 0 Å². The molecule has 0 atom stereocenters. The van der Waals surface area contributed by atoms with Crippen molar-refractivity contribution in [1.82, 2.24) is 60.3 Å². The van der Waals surface area contributed by atoms with Crippen molar-refractivity contribution >= 4 is 55.7 Å². The first-order chi connectivity index (χ1) is 26.9. The summed E-state index contributed by atoms with van der Waals surface area (Å²) in [5, 5.41) is 19.4. The van der Waals surface area contributed by atoms with E-state index < -0.39 is 0 Å². The molecule has 10 rings (SSSR count). The van der Waals surface area contributed by atoms with Crippen LogP contribution in [0.5, 0.6) is 0 Å². The quantitative estimate of drug-likeness (QED) is 0.111. The Balaban J connectivity index is 0.000000157. The number of carbonyl (C=O) groups is 1. The smallest absolute Gasteiger partial charge is 0.226 e. The molecule has 0 aliphatic heterocycles. The molecule has 0 bridgehead atoms. The monoisotopic (exact) mass is 739 g/mol. The minimum Gasteiger partial charge on any atom is -0.337 e. The van der Waals surface area contributed by atoms with Crippen molar-refractivity contribution in [3.05, 3.63) is 116 Å². The number of nitrogens with one attached hydrogen (secondary N) is 5. The molecule has 8 aromatic heterocycles. The zero-order chi connectivity index (χ0) is 37.5. The number of imidazole rings is 2. The van der Waals surface area contributed by atoms with Crippen LogP contribution >= 0.6 is 0 Å². The highest BCUT2D eigenvalue weighted by atomic mass is 16.1. The van der Waals surface area contributed by atoms with E-state index in [-0.39, 0.29) is 19.3 Å². The molecular formula is C42H37N13O. The number of carbonyl (C=O) groups excluding carboxylic acids is 1. The van der Waals surface area contributed by atoms with Gasteiger partial charge < -0.3 is 15.3 Å². The molecule has 8 heterocycles. The van der Waals surface area contributed by atoms with Gasteiger partial charge in [0.2, 0.25) is 5.91 Å². The van der Waals surface area contributed by atoms with Gasteiger partial charge in [0.25, 0.3) is 0 Å². The van der Waals surface area contributed by atoms with Crippen LogP contribution in [-0.2, 0) is 4.79 Å². The van der Waals surface area contributed by atoms with E-state index in [0.717, 1.165) is 77.9 Å². The number of fused-ring (bicyclic) bond motifs is 4. The van der Waals surface area contributed by atoms with Gasteiger partial charge in [0.15, 0.2) is 22.9 Å². The Labute approximate surface area is 320 Å². The number of rotatable bonds is 6. The van der Waals surface area contributed by atoms with Crippen molar-refractivity contribution in [2.45, 2.75) is 28.2 Å². The first kappa shape index (κ1) is 35.4. The molecule has 0 unspecified atom stereocenters. The van der Waals surface area contributed by atoms with Crippen molar-refractivity contribution in [2.24, 2.45) is 5.92 Å². The summed E-state index contributed by atoms with van der Waals surface area (Å²) in [5.74, 6) is 1.30. The van der Waals surface area contributed by atoms with Crippen LogP contribution in [0.3, 0.4) is 0 Å². The largest absolute Gasteiger partial charge is 0.337 e. The van der Waals surface area contributed by atoms with Gasteiger partial charge in [0.1, 0.15) is 11.4 Å². The average Bonchev–Trinajstić information content (AvgIpc) is 4.02. The second-order valence-electron chi connectivity index (χ2n) is 13.4. The van der Waals surface area contributed by atoms with Crippen LogP contribution in [-0.4, -0.2) is 66.2 Å². The van der Waals surface area contributed by atoms with E-state index in [1.807, 2.05) is 93.0 Å². The summed E-state index contributed by atoms with van der Waals surface area (Å²) in [7, 11) is 0. The van der Waals surface area contributed by atoms with Crippen LogP contribution in [0.25, 0.3) is 89.4 Å². The van der Waals surface area contributed by atoms with Gasteiger partial charge in [0, 0.05) is 59.2 Å². The maximum atomic E-state index is 12.0. The molecule has 1 amide bonds. The van der Waals surface area contributed by atoms with E-state index in [0.29, 0.717) is 22.8 Å². The highest BCUT2D eigenvalue weighted by molar-refractivity contribution is 5.96. The molecule has 0 spiro atoms. The average molecular weight is 740 g/mol. The van der Waals surface area contributed by atoms with Crippen LogP contribution < -0.4 is 5.32 Å². The number of nitrogens with zero attached hydrogens (tertiary/aromatic N) is 8. The maximum Gasteiger partial charge on any atom is 0.226 e. The topological polar surface area (TPSA) is 195 Å². The Hall–Kier alpha value is -7.61. The molecule has 10 aromatic rings. The highest BCUT2D eigenvalue weighted by Gasteiger charge is 2.16.